The molecule has 0 amide bonds. The predicted octanol–water partition coefficient (Wildman–Crippen LogP) is 4.63. The van der Waals surface area contributed by atoms with Crippen LogP contribution in [-0.4, -0.2) is 9.13 Å². The van der Waals surface area contributed by atoms with E-state index in [-0.39, 0.29) is 17.9 Å². The van der Waals surface area contributed by atoms with E-state index in [1.807, 2.05) is 39.8 Å². The number of benzene rings is 2. The van der Waals surface area contributed by atoms with Crippen molar-refractivity contribution >= 4 is 21.6 Å². The van der Waals surface area contributed by atoms with Crippen molar-refractivity contribution < 1.29 is 4.39 Å². The van der Waals surface area contributed by atoms with Crippen molar-refractivity contribution in [2.24, 2.45) is 0 Å². The molecule has 2 heterocycles. The molecule has 0 spiro atoms. The van der Waals surface area contributed by atoms with E-state index in [1.54, 1.807) is 22.8 Å². The van der Waals surface area contributed by atoms with Gasteiger partial charge >= 0.3 is 5.69 Å². The average molecular weight is 408 g/mol. The molecule has 4 aromatic rings. The molecule has 0 fully saturated rings. The monoisotopic (exact) mass is 408 g/mol. The maximum absolute atomic E-state index is 13.7. The minimum Gasteiger partial charge on any atom is -0.279 e. The lowest BCUT2D eigenvalue weighted by Gasteiger charge is -2.13. The van der Waals surface area contributed by atoms with Gasteiger partial charge in [0.2, 0.25) is 0 Å². The number of aryl methyl sites for hydroxylation is 4. The van der Waals surface area contributed by atoms with Gasteiger partial charge in [-0.2, -0.15) is 0 Å². The lowest BCUT2D eigenvalue weighted by atomic mass is 10.1. The van der Waals surface area contributed by atoms with Gasteiger partial charge in [-0.25, -0.2) is 13.8 Å². The normalized spacial score (nSPS) is 11.3. The highest BCUT2D eigenvalue weighted by Crippen LogP contribution is 2.27. The zero-order valence-electron chi connectivity index (χ0n) is 16.7. The van der Waals surface area contributed by atoms with Crippen molar-refractivity contribution in [2.45, 2.75) is 34.2 Å². The van der Waals surface area contributed by atoms with E-state index in [4.69, 9.17) is 0 Å². The van der Waals surface area contributed by atoms with Gasteiger partial charge in [-0.3, -0.25) is 9.36 Å². The van der Waals surface area contributed by atoms with Crippen LogP contribution in [0.5, 0.6) is 0 Å². The Bertz CT molecular complexity index is 1380. The first-order valence-corrected chi connectivity index (χ1v) is 10.2. The molecule has 148 valence electrons. The SMILES string of the molecule is Cc1ccc(-n2c(=O)c3c(C)c(C)sc3n(Cc3cccc(F)c3)c2=O)cc1C. The van der Waals surface area contributed by atoms with Gasteiger partial charge in [-0.15, -0.1) is 11.3 Å². The number of nitrogens with zero attached hydrogens (tertiary/aromatic N) is 2. The van der Waals surface area contributed by atoms with Gasteiger partial charge in [0, 0.05) is 4.88 Å². The molecule has 0 atom stereocenters. The molecule has 0 bridgehead atoms. The number of rotatable bonds is 3. The standard InChI is InChI=1S/C23H21FN2O2S/c1-13-8-9-19(10-14(13)2)26-21(27)20-15(3)16(4)29-22(20)25(23(26)28)12-17-6-5-7-18(24)11-17/h5-11H,12H2,1-4H3. The first-order chi connectivity index (χ1) is 13.8. The van der Waals surface area contributed by atoms with Crippen LogP contribution in [-0.2, 0) is 6.54 Å². The number of hydrogen-bond acceptors (Lipinski definition) is 3. The minimum absolute atomic E-state index is 0.192. The summed E-state index contributed by atoms with van der Waals surface area (Å²) in [7, 11) is 0. The number of aromatic nitrogens is 2. The predicted molar refractivity (Wildman–Crippen MR) is 116 cm³/mol. The molecule has 4 nitrogen and oxygen atoms in total. The van der Waals surface area contributed by atoms with Crippen LogP contribution in [0.3, 0.4) is 0 Å². The molecule has 0 N–H and O–H groups in total. The number of halogens is 1. The van der Waals surface area contributed by atoms with Crippen molar-refractivity contribution in [3.05, 3.63) is 96.3 Å². The Balaban J connectivity index is 2.07. The smallest absolute Gasteiger partial charge is 0.279 e. The molecule has 0 aliphatic rings. The van der Waals surface area contributed by atoms with E-state index >= 15 is 0 Å². The van der Waals surface area contributed by atoms with Crippen molar-refractivity contribution in [1.82, 2.24) is 9.13 Å². The molecule has 2 aromatic carbocycles. The summed E-state index contributed by atoms with van der Waals surface area (Å²) in [6, 6.07) is 11.7. The van der Waals surface area contributed by atoms with E-state index in [9.17, 15) is 14.0 Å². The minimum atomic E-state index is -0.420. The third-order valence-corrected chi connectivity index (χ3v) is 6.66. The topological polar surface area (TPSA) is 44.0 Å². The van der Waals surface area contributed by atoms with Gasteiger partial charge in [-0.1, -0.05) is 18.2 Å². The van der Waals surface area contributed by atoms with Crippen molar-refractivity contribution in [3.8, 4) is 5.69 Å². The maximum atomic E-state index is 13.7. The Labute approximate surface area is 171 Å². The van der Waals surface area contributed by atoms with Crippen LogP contribution in [0, 0.1) is 33.5 Å². The number of hydrogen-bond donors (Lipinski definition) is 0. The molecule has 0 aliphatic carbocycles. The van der Waals surface area contributed by atoms with Crippen molar-refractivity contribution in [3.63, 3.8) is 0 Å². The largest absolute Gasteiger partial charge is 0.337 e. The van der Waals surface area contributed by atoms with Gasteiger partial charge in [0.05, 0.1) is 17.6 Å². The summed E-state index contributed by atoms with van der Waals surface area (Å²) < 4.78 is 16.5. The second kappa shape index (κ2) is 7.12. The highest BCUT2D eigenvalue weighted by molar-refractivity contribution is 7.18. The fraction of sp³-hybridized carbons (Fsp3) is 0.217. The Morgan fingerprint density at radius 3 is 2.41 bits per heavy atom. The Hall–Kier alpha value is -2.99. The van der Waals surface area contributed by atoms with E-state index < -0.39 is 5.69 Å². The lowest BCUT2D eigenvalue weighted by molar-refractivity contribution is 0.622. The highest BCUT2D eigenvalue weighted by Gasteiger charge is 2.20. The molecule has 0 saturated carbocycles. The summed E-state index contributed by atoms with van der Waals surface area (Å²) in [5.41, 5.74) is 3.44. The van der Waals surface area contributed by atoms with E-state index in [2.05, 4.69) is 0 Å². The van der Waals surface area contributed by atoms with Crippen LogP contribution in [0.2, 0.25) is 0 Å². The second-order valence-electron chi connectivity index (χ2n) is 7.37. The molecule has 0 saturated heterocycles. The zero-order valence-corrected chi connectivity index (χ0v) is 17.6. The third kappa shape index (κ3) is 3.23. The molecule has 2 aromatic heterocycles. The first kappa shape index (κ1) is 19.3. The molecular formula is C23H21FN2O2S. The Morgan fingerprint density at radius 2 is 1.72 bits per heavy atom. The molecule has 6 heteroatoms. The molecule has 0 radical (unpaired) electrons. The van der Waals surface area contributed by atoms with Crippen LogP contribution < -0.4 is 11.2 Å². The molecule has 29 heavy (non-hydrogen) atoms. The molecule has 0 aliphatic heterocycles. The first-order valence-electron chi connectivity index (χ1n) is 9.35. The van der Waals surface area contributed by atoms with Crippen LogP contribution in [0.4, 0.5) is 4.39 Å². The van der Waals surface area contributed by atoms with Crippen LogP contribution in [0.25, 0.3) is 15.9 Å². The van der Waals surface area contributed by atoms with Gasteiger partial charge in [-0.05, 0) is 74.2 Å². The summed E-state index contributed by atoms with van der Waals surface area (Å²) in [4.78, 5) is 28.4. The summed E-state index contributed by atoms with van der Waals surface area (Å²) in [5.74, 6) is -0.354. The molecule has 0 unspecified atom stereocenters. The lowest BCUT2D eigenvalue weighted by Crippen LogP contribution is -2.39. The fourth-order valence-electron chi connectivity index (χ4n) is 3.51. The van der Waals surface area contributed by atoms with E-state index in [0.717, 1.165) is 21.6 Å². The zero-order chi connectivity index (χ0) is 20.9. The molecular weight excluding hydrogens is 387 g/mol. The van der Waals surface area contributed by atoms with E-state index in [1.165, 1.54) is 28.0 Å². The fourth-order valence-corrected chi connectivity index (χ4v) is 4.65. The number of thiophene rings is 1. The Kier molecular flexibility index (Phi) is 4.74. The van der Waals surface area contributed by atoms with E-state index in [0.29, 0.717) is 21.5 Å². The molecule has 4 rings (SSSR count). The average Bonchev–Trinajstić information content (AvgIpc) is 2.97. The highest BCUT2D eigenvalue weighted by atomic mass is 32.1. The second-order valence-corrected chi connectivity index (χ2v) is 8.57. The Morgan fingerprint density at radius 1 is 0.966 bits per heavy atom. The van der Waals surface area contributed by atoms with Crippen LogP contribution >= 0.6 is 11.3 Å². The van der Waals surface area contributed by atoms with Gasteiger partial charge in [0.25, 0.3) is 5.56 Å². The summed E-state index contributed by atoms with van der Waals surface area (Å²) >= 11 is 1.42. The maximum Gasteiger partial charge on any atom is 0.337 e. The van der Waals surface area contributed by atoms with Crippen LogP contribution in [0.1, 0.15) is 27.1 Å². The van der Waals surface area contributed by atoms with Crippen LogP contribution in [0.15, 0.2) is 52.1 Å². The van der Waals surface area contributed by atoms with Gasteiger partial charge in [0.1, 0.15) is 10.6 Å². The summed E-state index contributed by atoms with van der Waals surface area (Å²) in [6.07, 6.45) is 0. The quantitative estimate of drug-likeness (QED) is 0.496. The van der Waals surface area contributed by atoms with Gasteiger partial charge in [0.15, 0.2) is 0 Å². The van der Waals surface area contributed by atoms with Crippen molar-refractivity contribution in [1.29, 1.82) is 0 Å². The van der Waals surface area contributed by atoms with Crippen molar-refractivity contribution in [2.75, 3.05) is 0 Å². The summed E-state index contributed by atoms with van der Waals surface area (Å²) in [6.45, 7) is 7.97. The third-order valence-electron chi connectivity index (χ3n) is 5.43. The number of fused-ring (bicyclic) bond motifs is 1. The van der Waals surface area contributed by atoms with Gasteiger partial charge < -0.3 is 0 Å². The summed E-state index contributed by atoms with van der Waals surface area (Å²) in [5, 5.41) is 0.543.